The minimum absolute atomic E-state index is 0.115. The van der Waals surface area contributed by atoms with Crippen molar-refractivity contribution in [3.05, 3.63) is 10.7 Å². The van der Waals surface area contributed by atoms with Crippen LogP contribution >= 0.6 is 15.9 Å². The largest absolute Gasteiger partial charge is 0.396 e. The summed E-state index contributed by atoms with van der Waals surface area (Å²) in [5, 5.41) is 12.0. The Morgan fingerprint density at radius 2 is 2.20 bits per heavy atom. The highest BCUT2D eigenvalue weighted by molar-refractivity contribution is 9.10. The minimum Gasteiger partial charge on any atom is -0.396 e. The molecule has 6 heteroatoms. The van der Waals surface area contributed by atoms with Gasteiger partial charge in [0.15, 0.2) is 0 Å². The van der Waals surface area contributed by atoms with Crippen LogP contribution in [0.25, 0.3) is 0 Å². The highest BCUT2D eigenvalue weighted by Gasteiger charge is 2.18. The van der Waals surface area contributed by atoms with Gasteiger partial charge in [-0.15, -0.1) is 0 Å². The first-order valence-electron chi connectivity index (χ1n) is 4.62. The van der Waals surface area contributed by atoms with Crippen LogP contribution in [-0.2, 0) is 0 Å². The van der Waals surface area contributed by atoms with Gasteiger partial charge < -0.3 is 16.2 Å². The normalized spacial score (nSPS) is 11.5. The lowest BCUT2D eigenvalue weighted by Crippen LogP contribution is -2.32. The first kappa shape index (κ1) is 12.2. The molecule has 0 radical (unpaired) electrons. The van der Waals surface area contributed by atoms with Crippen LogP contribution in [0.2, 0.25) is 0 Å². The van der Waals surface area contributed by atoms with E-state index in [0.29, 0.717) is 22.8 Å². The number of aliphatic hydroxyl groups is 1. The molecule has 1 heterocycles. The van der Waals surface area contributed by atoms with Gasteiger partial charge in [0.1, 0.15) is 10.4 Å². The number of anilines is 2. The SMILES string of the molecule is CC(C)(CCO)Nc1nc(N)cc(Br)n1. The number of aromatic nitrogens is 2. The van der Waals surface area contributed by atoms with Crippen LogP contribution in [0.3, 0.4) is 0 Å². The average Bonchev–Trinajstić information content (AvgIpc) is 1.99. The molecule has 0 saturated heterocycles. The van der Waals surface area contributed by atoms with Gasteiger partial charge in [0.25, 0.3) is 0 Å². The number of nitrogens with one attached hydrogen (secondary N) is 1. The zero-order chi connectivity index (χ0) is 11.5. The number of hydrogen-bond donors (Lipinski definition) is 3. The lowest BCUT2D eigenvalue weighted by atomic mass is 10.0. The number of aliphatic hydroxyl groups excluding tert-OH is 1. The summed E-state index contributed by atoms with van der Waals surface area (Å²) in [6.45, 7) is 4.04. The number of nitrogens with two attached hydrogens (primary N) is 1. The van der Waals surface area contributed by atoms with E-state index in [2.05, 4.69) is 31.2 Å². The maximum Gasteiger partial charge on any atom is 0.226 e. The summed E-state index contributed by atoms with van der Waals surface area (Å²) >= 11 is 3.24. The Balaban J connectivity index is 2.80. The summed E-state index contributed by atoms with van der Waals surface area (Å²) in [6, 6.07) is 1.63. The molecule has 84 valence electrons. The number of halogens is 1. The van der Waals surface area contributed by atoms with E-state index in [-0.39, 0.29) is 12.1 Å². The number of nitrogens with zero attached hydrogens (tertiary/aromatic N) is 2. The Morgan fingerprint density at radius 3 is 2.73 bits per heavy atom. The molecule has 0 bridgehead atoms. The van der Waals surface area contributed by atoms with Gasteiger partial charge in [0.05, 0.1) is 0 Å². The van der Waals surface area contributed by atoms with Crippen LogP contribution < -0.4 is 11.1 Å². The van der Waals surface area contributed by atoms with E-state index < -0.39 is 0 Å². The van der Waals surface area contributed by atoms with Gasteiger partial charge in [-0.2, -0.15) is 4.98 Å². The third kappa shape index (κ3) is 4.01. The lowest BCUT2D eigenvalue weighted by molar-refractivity contribution is 0.260. The van der Waals surface area contributed by atoms with Crippen molar-refractivity contribution in [3.8, 4) is 0 Å². The molecule has 5 nitrogen and oxygen atoms in total. The van der Waals surface area contributed by atoms with Gasteiger partial charge in [0.2, 0.25) is 5.95 Å². The van der Waals surface area contributed by atoms with Crippen molar-refractivity contribution < 1.29 is 5.11 Å². The molecular weight excluding hydrogens is 260 g/mol. The molecule has 0 aliphatic rings. The summed E-state index contributed by atoms with van der Waals surface area (Å²) in [5.74, 6) is 0.861. The number of nitrogen functional groups attached to an aromatic ring is 1. The van der Waals surface area contributed by atoms with E-state index in [1.54, 1.807) is 6.07 Å². The van der Waals surface area contributed by atoms with Crippen LogP contribution in [0, 0.1) is 0 Å². The second-order valence-electron chi connectivity index (χ2n) is 3.92. The third-order valence-corrected chi connectivity index (χ3v) is 2.31. The molecule has 0 aromatic carbocycles. The molecule has 0 aliphatic carbocycles. The van der Waals surface area contributed by atoms with Crippen molar-refractivity contribution in [2.45, 2.75) is 25.8 Å². The fourth-order valence-electron chi connectivity index (χ4n) is 1.14. The van der Waals surface area contributed by atoms with E-state index in [1.807, 2.05) is 13.8 Å². The Morgan fingerprint density at radius 1 is 1.53 bits per heavy atom. The van der Waals surface area contributed by atoms with Gasteiger partial charge >= 0.3 is 0 Å². The number of hydrogen-bond acceptors (Lipinski definition) is 5. The lowest BCUT2D eigenvalue weighted by Gasteiger charge is -2.25. The van der Waals surface area contributed by atoms with Gasteiger partial charge in [-0.1, -0.05) is 0 Å². The second-order valence-corrected chi connectivity index (χ2v) is 4.73. The quantitative estimate of drug-likeness (QED) is 0.723. The molecule has 1 aromatic rings. The maximum absolute atomic E-state index is 8.87. The van der Waals surface area contributed by atoms with Crippen molar-refractivity contribution in [2.24, 2.45) is 0 Å². The van der Waals surface area contributed by atoms with Crippen molar-refractivity contribution in [1.29, 1.82) is 0 Å². The predicted octanol–water partition coefficient (Wildman–Crippen LogP) is 1.39. The van der Waals surface area contributed by atoms with Crippen molar-refractivity contribution in [1.82, 2.24) is 9.97 Å². The highest BCUT2D eigenvalue weighted by Crippen LogP contribution is 2.18. The van der Waals surface area contributed by atoms with Crippen LogP contribution in [0.5, 0.6) is 0 Å². The molecule has 0 amide bonds. The topological polar surface area (TPSA) is 84.1 Å². The van der Waals surface area contributed by atoms with Gasteiger partial charge in [-0.05, 0) is 36.2 Å². The molecule has 15 heavy (non-hydrogen) atoms. The number of rotatable bonds is 4. The van der Waals surface area contributed by atoms with Crippen LogP contribution in [-0.4, -0.2) is 27.2 Å². The van der Waals surface area contributed by atoms with Crippen LogP contribution in [0.15, 0.2) is 10.7 Å². The molecule has 0 saturated carbocycles. The summed E-state index contributed by atoms with van der Waals surface area (Å²) in [7, 11) is 0. The zero-order valence-corrected chi connectivity index (χ0v) is 10.4. The Hall–Kier alpha value is -0.880. The molecule has 0 spiro atoms. The van der Waals surface area contributed by atoms with E-state index in [1.165, 1.54) is 0 Å². The summed E-state index contributed by atoms with van der Waals surface area (Å²) in [5.41, 5.74) is 5.32. The Bertz CT molecular complexity index is 323. The van der Waals surface area contributed by atoms with Crippen LogP contribution in [0.4, 0.5) is 11.8 Å². The molecule has 0 unspecified atom stereocenters. The smallest absolute Gasteiger partial charge is 0.226 e. The summed E-state index contributed by atoms with van der Waals surface area (Å²) in [6.07, 6.45) is 0.614. The summed E-state index contributed by atoms with van der Waals surface area (Å²) in [4.78, 5) is 8.18. The van der Waals surface area contributed by atoms with Crippen molar-refractivity contribution >= 4 is 27.7 Å². The first-order valence-corrected chi connectivity index (χ1v) is 5.41. The van der Waals surface area contributed by atoms with E-state index >= 15 is 0 Å². The van der Waals surface area contributed by atoms with Gasteiger partial charge in [-0.25, -0.2) is 4.98 Å². The van der Waals surface area contributed by atoms with E-state index in [9.17, 15) is 0 Å². The molecule has 0 aliphatic heterocycles. The van der Waals surface area contributed by atoms with E-state index in [0.717, 1.165) is 0 Å². The molecule has 1 aromatic heterocycles. The molecule has 1 rings (SSSR count). The summed E-state index contributed by atoms with van der Waals surface area (Å²) < 4.78 is 0.636. The van der Waals surface area contributed by atoms with Gasteiger partial charge in [-0.3, -0.25) is 0 Å². The standard InChI is InChI=1S/C9H15BrN4O/c1-9(2,3-4-15)14-8-12-6(10)5-7(11)13-8/h5,15H,3-4H2,1-2H3,(H3,11,12,13,14). The molecular formula is C9H15BrN4O. The van der Waals surface area contributed by atoms with Gasteiger partial charge in [0, 0.05) is 18.2 Å². The molecule has 0 atom stereocenters. The molecule has 0 fully saturated rings. The Labute approximate surface area is 97.2 Å². The zero-order valence-electron chi connectivity index (χ0n) is 8.79. The monoisotopic (exact) mass is 274 g/mol. The van der Waals surface area contributed by atoms with E-state index in [4.69, 9.17) is 10.8 Å². The van der Waals surface area contributed by atoms with Crippen LogP contribution in [0.1, 0.15) is 20.3 Å². The van der Waals surface area contributed by atoms with Crippen molar-refractivity contribution in [2.75, 3.05) is 17.7 Å². The highest BCUT2D eigenvalue weighted by atomic mass is 79.9. The second kappa shape index (κ2) is 4.76. The van der Waals surface area contributed by atoms with Crippen molar-refractivity contribution in [3.63, 3.8) is 0 Å². The predicted molar refractivity (Wildman–Crippen MR) is 63.5 cm³/mol. The fraction of sp³-hybridized carbons (Fsp3) is 0.556. The fourth-order valence-corrected chi connectivity index (χ4v) is 1.54. The third-order valence-electron chi connectivity index (χ3n) is 1.90. The minimum atomic E-state index is -0.262. The Kier molecular flexibility index (Phi) is 3.87. The first-order chi connectivity index (χ1) is 6.93. The maximum atomic E-state index is 8.87. The molecule has 4 N–H and O–H groups in total. The average molecular weight is 275 g/mol.